The Morgan fingerprint density at radius 1 is 0.920 bits per heavy atom. The molecule has 3 aliphatic carbocycles. The summed E-state index contributed by atoms with van der Waals surface area (Å²) in [4.78, 5) is 0. The van der Waals surface area contributed by atoms with Gasteiger partial charge in [0.15, 0.2) is 0 Å². The molecule has 0 amide bonds. The molecule has 0 aliphatic heterocycles. The highest BCUT2D eigenvalue weighted by atomic mass is 14.6. The van der Waals surface area contributed by atoms with Crippen molar-refractivity contribution < 1.29 is 0 Å². The first kappa shape index (κ1) is 15.7. The van der Waals surface area contributed by atoms with Crippen LogP contribution < -0.4 is 0 Å². The molecule has 6 unspecified atom stereocenters. The van der Waals surface area contributed by atoms with Gasteiger partial charge in [-0.15, -0.1) is 0 Å². The summed E-state index contributed by atoms with van der Waals surface area (Å²) < 4.78 is 0. The van der Waals surface area contributed by atoms with Crippen LogP contribution in [0.1, 0.15) is 68.1 Å². The maximum absolute atomic E-state index is 2.61. The molecular formula is C25H30. The second-order valence-corrected chi connectivity index (χ2v) is 9.45. The SMILES string of the molecule is CC1CC2C3C(c4ccccc4)Cc4ccccc4C3CCC2(C)C1. The fourth-order valence-corrected chi connectivity index (χ4v) is 7.03. The molecule has 2 aromatic rings. The zero-order valence-electron chi connectivity index (χ0n) is 15.6. The van der Waals surface area contributed by atoms with E-state index in [-0.39, 0.29) is 0 Å². The minimum absolute atomic E-state index is 0.583. The highest BCUT2D eigenvalue weighted by Crippen LogP contribution is 2.64. The lowest BCUT2D eigenvalue weighted by molar-refractivity contribution is 0.0470. The lowest BCUT2D eigenvalue weighted by atomic mass is 9.52. The normalized spacial score (nSPS) is 39.4. The van der Waals surface area contributed by atoms with E-state index in [0.29, 0.717) is 11.3 Å². The molecule has 2 saturated carbocycles. The lowest BCUT2D eigenvalue weighted by Crippen LogP contribution is -2.43. The molecule has 0 nitrogen and oxygen atoms in total. The number of rotatable bonds is 1. The molecule has 0 saturated heterocycles. The van der Waals surface area contributed by atoms with Crippen molar-refractivity contribution in [3.05, 3.63) is 71.3 Å². The Morgan fingerprint density at radius 2 is 1.68 bits per heavy atom. The zero-order chi connectivity index (χ0) is 17.0. The van der Waals surface area contributed by atoms with Gasteiger partial charge in [-0.1, -0.05) is 68.4 Å². The minimum Gasteiger partial charge on any atom is -0.0625 e. The molecule has 25 heavy (non-hydrogen) atoms. The molecule has 0 radical (unpaired) electrons. The molecule has 6 atom stereocenters. The summed E-state index contributed by atoms with van der Waals surface area (Å²) in [6.07, 6.45) is 6.96. The average Bonchev–Trinajstić information content (AvgIpc) is 2.95. The van der Waals surface area contributed by atoms with Gasteiger partial charge in [0.1, 0.15) is 0 Å². The van der Waals surface area contributed by atoms with Crippen LogP contribution in [0, 0.1) is 23.2 Å². The van der Waals surface area contributed by atoms with Crippen LogP contribution in [0.3, 0.4) is 0 Å². The van der Waals surface area contributed by atoms with Gasteiger partial charge in [-0.25, -0.2) is 0 Å². The van der Waals surface area contributed by atoms with Gasteiger partial charge in [0.05, 0.1) is 0 Å². The molecular weight excluding hydrogens is 300 g/mol. The molecule has 2 aromatic carbocycles. The molecule has 0 bridgehead atoms. The van der Waals surface area contributed by atoms with Crippen molar-refractivity contribution in [3.8, 4) is 0 Å². The Morgan fingerprint density at radius 3 is 2.52 bits per heavy atom. The first-order chi connectivity index (χ1) is 12.2. The van der Waals surface area contributed by atoms with Crippen molar-refractivity contribution >= 4 is 0 Å². The lowest BCUT2D eigenvalue weighted by Gasteiger charge is -2.52. The summed E-state index contributed by atoms with van der Waals surface area (Å²) >= 11 is 0. The predicted octanol–water partition coefficient (Wildman–Crippen LogP) is 6.57. The molecule has 0 aromatic heterocycles. The Kier molecular flexibility index (Phi) is 3.59. The third-order valence-corrected chi connectivity index (χ3v) is 7.91. The van der Waals surface area contributed by atoms with E-state index in [1.54, 1.807) is 16.7 Å². The van der Waals surface area contributed by atoms with Crippen molar-refractivity contribution in [1.29, 1.82) is 0 Å². The van der Waals surface area contributed by atoms with Gasteiger partial charge in [-0.2, -0.15) is 0 Å². The van der Waals surface area contributed by atoms with E-state index < -0.39 is 0 Å². The first-order valence-corrected chi connectivity index (χ1v) is 10.3. The van der Waals surface area contributed by atoms with Gasteiger partial charge in [0.2, 0.25) is 0 Å². The van der Waals surface area contributed by atoms with Crippen LogP contribution >= 0.6 is 0 Å². The van der Waals surface area contributed by atoms with Gasteiger partial charge in [-0.3, -0.25) is 0 Å². The Balaban J connectivity index is 1.64. The summed E-state index contributed by atoms with van der Waals surface area (Å²) in [6.45, 7) is 5.10. The Hall–Kier alpha value is -1.56. The van der Waals surface area contributed by atoms with Gasteiger partial charge in [0.25, 0.3) is 0 Å². The smallest absolute Gasteiger partial charge is 0.00844 e. The third-order valence-electron chi connectivity index (χ3n) is 7.91. The molecule has 2 fully saturated rings. The number of hydrogen-bond acceptors (Lipinski definition) is 0. The molecule has 0 heterocycles. The van der Waals surface area contributed by atoms with Crippen LogP contribution in [0.25, 0.3) is 0 Å². The second kappa shape index (κ2) is 5.73. The van der Waals surface area contributed by atoms with Gasteiger partial charge in [-0.05, 0) is 83.8 Å². The van der Waals surface area contributed by atoms with Gasteiger partial charge >= 0.3 is 0 Å². The van der Waals surface area contributed by atoms with Crippen molar-refractivity contribution in [2.24, 2.45) is 23.2 Å². The largest absolute Gasteiger partial charge is 0.0625 e. The molecule has 0 heteroatoms. The van der Waals surface area contributed by atoms with Crippen molar-refractivity contribution in [2.45, 2.75) is 57.8 Å². The van der Waals surface area contributed by atoms with E-state index in [2.05, 4.69) is 68.4 Å². The third kappa shape index (κ3) is 2.40. The van der Waals surface area contributed by atoms with Crippen molar-refractivity contribution in [3.63, 3.8) is 0 Å². The predicted molar refractivity (Wildman–Crippen MR) is 105 cm³/mol. The average molecular weight is 331 g/mol. The van der Waals surface area contributed by atoms with Gasteiger partial charge < -0.3 is 0 Å². The summed E-state index contributed by atoms with van der Waals surface area (Å²) in [7, 11) is 0. The number of benzene rings is 2. The minimum atomic E-state index is 0.583. The molecule has 0 N–H and O–H groups in total. The fourth-order valence-electron chi connectivity index (χ4n) is 7.03. The van der Waals surface area contributed by atoms with E-state index in [0.717, 1.165) is 23.7 Å². The van der Waals surface area contributed by atoms with Crippen molar-refractivity contribution in [2.75, 3.05) is 0 Å². The molecule has 0 spiro atoms. The summed E-state index contributed by atoms with van der Waals surface area (Å²) in [6, 6.07) is 20.8. The molecule has 130 valence electrons. The first-order valence-electron chi connectivity index (χ1n) is 10.3. The van der Waals surface area contributed by atoms with Crippen LogP contribution in [0.5, 0.6) is 0 Å². The quantitative estimate of drug-likeness (QED) is 0.554. The second-order valence-electron chi connectivity index (χ2n) is 9.45. The standard InChI is InChI=1S/C25H30/c1-17-14-23-24-21(12-13-25(23,2)16-17)20-11-7-6-10-19(20)15-22(24)18-8-4-3-5-9-18/h3-11,17,21-24H,12-16H2,1-2H3. The number of hydrogen-bond donors (Lipinski definition) is 0. The summed E-state index contributed by atoms with van der Waals surface area (Å²) in [5.74, 6) is 4.12. The maximum atomic E-state index is 2.61. The maximum Gasteiger partial charge on any atom is -0.00844 e. The Bertz CT molecular complexity index is 761. The monoisotopic (exact) mass is 330 g/mol. The number of fused-ring (bicyclic) bond motifs is 5. The van der Waals surface area contributed by atoms with E-state index in [1.807, 2.05) is 0 Å². The molecule has 3 aliphatic rings. The summed E-state index contributed by atoms with van der Waals surface area (Å²) in [5.41, 5.74) is 5.46. The van der Waals surface area contributed by atoms with Crippen LogP contribution in [-0.4, -0.2) is 0 Å². The Labute approximate surface area is 152 Å². The summed E-state index contributed by atoms with van der Waals surface area (Å²) in [5, 5.41) is 0. The van der Waals surface area contributed by atoms with Gasteiger partial charge in [0, 0.05) is 0 Å². The van der Waals surface area contributed by atoms with Crippen LogP contribution in [0.4, 0.5) is 0 Å². The topological polar surface area (TPSA) is 0 Å². The zero-order valence-corrected chi connectivity index (χ0v) is 15.6. The van der Waals surface area contributed by atoms with Crippen molar-refractivity contribution in [1.82, 2.24) is 0 Å². The highest BCUT2D eigenvalue weighted by Gasteiger charge is 2.54. The van der Waals surface area contributed by atoms with Crippen LogP contribution in [-0.2, 0) is 6.42 Å². The van der Waals surface area contributed by atoms with E-state index >= 15 is 0 Å². The molecule has 5 rings (SSSR count). The van der Waals surface area contributed by atoms with E-state index in [9.17, 15) is 0 Å². The van der Waals surface area contributed by atoms with E-state index in [1.165, 1.54) is 32.1 Å². The highest BCUT2D eigenvalue weighted by molar-refractivity contribution is 5.39. The fraction of sp³-hybridized carbons (Fsp3) is 0.520. The van der Waals surface area contributed by atoms with Crippen LogP contribution in [0.2, 0.25) is 0 Å². The van der Waals surface area contributed by atoms with E-state index in [4.69, 9.17) is 0 Å². The van der Waals surface area contributed by atoms with Crippen LogP contribution in [0.15, 0.2) is 54.6 Å².